The molecule has 3 amide bonds. The molecule has 0 unspecified atom stereocenters. The van der Waals surface area contributed by atoms with Crippen molar-refractivity contribution in [2.24, 2.45) is 5.92 Å². The topological polar surface area (TPSA) is 72.9 Å². The van der Waals surface area contributed by atoms with E-state index in [1.54, 1.807) is 4.90 Å². The molecule has 6 heteroatoms. The zero-order valence-corrected chi connectivity index (χ0v) is 15.9. The van der Waals surface area contributed by atoms with Crippen LogP contribution in [0.25, 0.3) is 0 Å². The number of nitrogens with zero attached hydrogens (tertiary/aromatic N) is 2. The maximum Gasteiger partial charge on any atom is 0.317 e. The van der Waals surface area contributed by atoms with E-state index in [9.17, 15) is 14.7 Å². The van der Waals surface area contributed by atoms with Crippen LogP contribution in [0.4, 0.5) is 4.79 Å². The number of rotatable bonds is 5. The maximum absolute atomic E-state index is 13.1. The fourth-order valence-corrected chi connectivity index (χ4v) is 4.97. The number of hydrogen-bond donors (Lipinski definition) is 2. The van der Waals surface area contributed by atoms with Gasteiger partial charge < -0.3 is 20.2 Å². The second kappa shape index (κ2) is 7.15. The Morgan fingerprint density at radius 2 is 1.93 bits per heavy atom. The molecule has 1 aliphatic carbocycles. The van der Waals surface area contributed by atoms with Crippen LogP contribution in [0.3, 0.4) is 0 Å². The second-order valence-corrected chi connectivity index (χ2v) is 8.17. The van der Waals surface area contributed by atoms with Gasteiger partial charge in [0.25, 0.3) is 0 Å². The molecule has 2 aliphatic heterocycles. The predicted octanol–water partition coefficient (Wildman–Crippen LogP) is 1.95. The van der Waals surface area contributed by atoms with E-state index in [1.807, 2.05) is 30.0 Å². The maximum atomic E-state index is 13.1. The van der Waals surface area contributed by atoms with Crippen molar-refractivity contribution in [2.75, 3.05) is 26.2 Å². The van der Waals surface area contributed by atoms with Gasteiger partial charge in [-0.25, -0.2) is 4.79 Å². The van der Waals surface area contributed by atoms with Crippen molar-refractivity contribution in [2.45, 2.75) is 50.1 Å². The minimum atomic E-state index is -0.370. The quantitative estimate of drug-likeness (QED) is 0.831. The first kappa shape index (κ1) is 18.3. The summed E-state index contributed by atoms with van der Waals surface area (Å²) in [7, 11) is 0. The van der Waals surface area contributed by atoms with E-state index < -0.39 is 0 Å². The Labute approximate surface area is 160 Å². The van der Waals surface area contributed by atoms with Crippen LogP contribution in [0, 0.1) is 5.92 Å². The molecule has 27 heavy (non-hydrogen) atoms. The zero-order chi connectivity index (χ0) is 19.0. The van der Waals surface area contributed by atoms with E-state index >= 15 is 0 Å². The van der Waals surface area contributed by atoms with Crippen LogP contribution in [0.5, 0.6) is 0 Å². The number of amides is 3. The molecule has 2 saturated heterocycles. The van der Waals surface area contributed by atoms with E-state index in [-0.39, 0.29) is 42.0 Å². The summed E-state index contributed by atoms with van der Waals surface area (Å²) in [6, 6.07) is 9.86. The van der Waals surface area contributed by atoms with Gasteiger partial charge in [0.05, 0.1) is 18.2 Å². The smallest absolute Gasteiger partial charge is 0.317 e. The summed E-state index contributed by atoms with van der Waals surface area (Å²) in [6.07, 6.45) is 3.89. The van der Waals surface area contributed by atoms with Gasteiger partial charge in [0.1, 0.15) is 0 Å². The van der Waals surface area contributed by atoms with Gasteiger partial charge in [-0.05, 0) is 24.8 Å². The Morgan fingerprint density at radius 3 is 2.48 bits per heavy atom. The molecule has 0 radical (unpaired) electrons. The van der Waals surface area contributed by atoms with Gasteiger partial charge in [-0.3, -0.25) is 4.79 Å². The highest BCUT2D eigenvalue weighted by atomic mass is 16.3. The molecular weight excluding hydrogens is 342 g/mol. The monoisotopic (exact) mass is 371 g/mol. The third kappa shape index (κ3) is 2.81. The van der Waals surface area contributed by atoms with Crippen LogP contribution in [0.2, 0.25) is 0 Å². The summed E-state index contributed by atoms with van der Waals surface area (Å²) in [5, 5.41) is 13.0. The number of carbonyl (C=O) groups is 2. The summed E-state index contributed by atoms with van der Waals surface area (Å²) in [5.41, 5.74) is 0.771. The highest BCUT2D eigenvalue weighted by Crippen LogP contribution is 2.55. The zero-order valence-electron chi connectivity index (χ0n) is 15.9. The SMILES string of the molecule is CCCNC(=O)N1CC2(C1)[C@H](c1ccccc1)[C@H](CO)N2C(=O)C1CCC1. The summed E-state index contributed by atoms with van der Waals surface area (Å²) in [5.74, 6) is 0.333. The molecule has 1 saturated carbocycles. The van der Waals surface area contributed by atoms with E-state index in [2.05, 4.69) is 17.4 Å². The van der Waals surface area contributed by atoms with E-state index in [0.29, 0.717) is 19.6 Å². The molecule has 6 nitrogen and oxygen atoms in total. The summed E-state index contributed by atoms with van der Waals surface area (Å²) < 4.78 is 0. The van der Waals surface area contributed by atoms with Crippen molar-refractivity contribution >= 4 is 11.9 Å². The minimum absolute atomic E-state index is 0.0399. The Hall–Kier alpha value is -2.08. The Balaban J connectivity index is 1.58. The third-order valence-corrected chi connectivity index (χ3v) is 6.56. The molecule has 1 spiro atoms. The molecule has 3 aliphatic rings. The summed E-state index contributed by atoms with van der Waals surface area (Å²) >= 11 is 0. The summed E-state index contributed by atoms with van der Waals surface area (Å²) in [6.45, 7) is 3.73. The lowest BCUT2D eigenvalue weighted by atomic mass is 9.60. The van der Waals surface area contributed by atoms with Gasteiger partial charge in [-0.15, -0.1) is 0 Å². The van der Waals surface area contributed by atoms with Crippen molar-refractivity contribution in [3.63, 3.8) is 0 Å². The Kier molecular flexibility index (Phi) is 4.84. The molecule has 2 heterocycles. The third-order valence-electron chi connectivity index (χ3n) is 6.56. The molecule has 4 rings (SSSR count). The lowest BCUT2D eigenvalue weighted by Gasteiger charge is -2.71. The standard InChI is InChI=1S/C21H29N3O3/c1-2-11-22-20(27)23-13-21(14-23)18(15-7-4-3-5-8-15)17(12-25)24(21)19(26)16-9-6-10-16/h3-5,7-8,16-18,25H,2,6,9-14H2,1H3,(H,22,27)/t17-,18+/m0/s1. The first-order valence-corrected chi connectivity index (χ1v) is 10.1. The first-order valence-electron chi connectivity index (χ1n) is 10.1. The minimum Gasteiger partial charge on any atom is -0.394 e. The van der Waals surface area contributed by atoms with Crippen LogP contribution >= 0.6 is 0 Å². The molecule has 2 N–H and O–H groups in total. The van der Waals surface area contributed by atoms with Crippen molar-refractivity contribution in [3.8, 4) is 0 Å². The number of likely N-dealkylation sites (tertiary alicyclic amines) is 2. The van der Waals surface area contributed by atoms with Crippen LogP contribution < -0.4 is 5.32 Å². The van der Waals surface area contributed by atoms with Crippen LogP contribution in [-0.4, -0.2) is 64.7 Å². The number of hydrogen-bond acceptors (Lipinski definition) is 3. The van der Waals surface area contributed by atoms with Gasteiger partial charge in [-0.1, -0.05) is 43.7 Å². The highest BCUT2D eigenvalue weighted by molar-refractivity contribution is 5.84. The van der Waals surface area contributed by atoms with E-state index in [1.165, 1.54) is 0 Å². The number of nitrogens with one attached hydrogen (secondary N) is 1. The first-order chi connectivity index (χ1) is 13.1. The average molecular weight is 371 g/mol. The van der Waals surface area contributed by atoms with Crippen LogP contribution in [0.1, 0.15) is 44.1 Å². The Bertz CT molecular complexity index is 698. The fourth-order valence-electron chi connectivity index (χ4n) is 4.97. The van der Waals surface area contributed by atoms with Gasteiger partial charge >= 0.3 is 6.03 Å². The molecular formula is C21H29N3O3. The number of aliphatic hydroxyl groups excluding tert-OH is 1. The molecule has 146 valence electrons. The molecule has 2 atom stereocenters. The largest absolute Gasteiger partial charge is 0.394 e. The Morgan fingerprint density at radius 1 is 1.22 bits per heavy atom. The lowest BCUT2D eigenvalue weighted by Crippen LogP contribution is -2.86. The second-order valence-electron chi connectivity index (χ2n) is 8.17. The number of carbonyl (C=O) groups excluding carboxylic acids is 2. The van der Waals surface area contributed by atoms with Gasteiger partial charge in [-0.2, -0.15) is 0 Å². The molecule has 0 bridgehead atoms. The summed E-state index contributed by atoms with van der Waals surface area (Å²) in [4.78, 5) is 29.2. The molecule has 1 aromatic rings. The van der Waals surface area contributed by atoms with Crippen LogP contribution in [-0.2, 0) is 4.79 Å². The van der Waals surface area contributed by atoms with Crippen LogP contribution in [0.15, 0.2) is 30.3 Å². The number of aliphatic hydroxyl groups is 1. The molecule has 1 aromatic carbocycles. The highest BCUT2D eigenvalue weighted by Gasteiger charge is 2.68. The van der Waals surface area contributed by atoms with Gasteiger partial charge in [0.2, 0.25) is 5.91 Å². The number of benzene rings is 1. The van der Waals surface area contributed by atoms with Gasteiger partial charge in [0, 0.05) is 31.5 Å². The van der Waals surface area contributed by atoms with E-state index in [0.717, 1.165) is 31.2 Å². The van der Waals surface area contributed by atoms with Crippen molar-refractivity contribution in [1.82, 2.24) is 15.1 Å². The average Bonchev–Trinajstić information content (AvgIpc) is 2.57. The van der Waals surface area contributed by atoms with Crippen molar-refractivity contribution in [3.05, 3.63) is 35.9 Å². The molecule has 0 aromatic heterocycles. The van der Waals surface area contributed by atoms with Gasteiger partial charge in [0.15, 0.2) is 0 Å². The van der Waals surface area contributed by atoms with Crippen molar-refractivity contribution in [1.29, 1.82) is 0 Å². The fraction of sp³-hybridized carbons (Fsp3) is 0.619. The van der Waals surface area contributed by atoms with E-state index in [4.69, 9.17) is 0 Å². The number of urea groups is 1. The van der Waals surface area contributed by atoms with Crippen molar-refractivity contribution < 1.29 is 14.7 Å². The molecule has 3 fully saturated rings. The lowest BCUT2D eigenvalue weighted by molar-refractivity contribution is -0.199. The normalized spacial score (nSPS) is 26.1. The predicted molar refractivity (Wildman–Crippen MR) is 102 cm³/mol.